The molecule has 3 rings (SSSR count). The zero-order valence-electron chi connectivity index (χ0n) is 14.8. The van der Waals surface area contributed by atoms with Crippen molar-refractivity contribution in [1.82, 2.24) is 25.1 Å². The average Bonchev–Trinajstić information content (AvgIpc) is 3.10. The van der Waals surface area contributed by atoms with Crippen LogP contribution in [-0.4, -0.2) is 65.0 Å². The van der Waals surface area contributed by atoms with Crippen molar-refractivity contribution in [1.29, 1.82) is 0 Å². The molecule has 8 heteroatoms. The minimum atomic E-state index is -0.161. The van der Waals surface area contributed by atoms with Crippen molar-refractivity contribution in [2.24, 2.45) is 0 Å². The predicted molar refractivity (Wildman–Crippen MR) is 92.9 cm³/mol. The Morgan fingerprint density at radius 1 is 1.20 bits per heavy atom. The normalized spacial score (nSPS) is 17.0. The van der Waals surface area contributed by atoms with E-state index in [4.69, 9.17) is 4.74 Å². The van der Waals surface area contributed by atoms with Gasteiger partial charge in [0.05, 0.1) is 24.9 Å². The molecular weight excluding hydrogens is 323 g/mol. The maximum atomic E-state index is 14.0. The smallest absolute Gasteiger partial charge is 0.168 e. The second-order valence-corrected chi connectivity index (χ2v) is 6.15. The second-order valence-electron chi connectivity index (χ2n) is 6.15. The Morgan fingerprint density at radius 2 is 1.96 bits per heavy atom. The van der Waals surface area contributed by atoms with Crippen LogP contribution in [0, 0.1) is 5.82 Å². The van der Waals surface area contributed by atoms with Gasteiger partial charge in [-0.2, -0.15) is 0 Å². The number of halogens is 1. The summed E-state index contributed by atoms with van der Waals surface area (Å²) in [5.74, 6) is 0.713. The van der Waals surface area contributed by atoms with E-state index in [2.05, 4.69) is 32.2 Å². The van der Waals surface area contributed by atoms with Gasteiger partial charge in [0.25, 0.3) is 0 Å². The monoisotopic (exact) mass is 348 g/mol. The molecule has 0 amide bonds. The SMILES string of the molecule is CC[C@@H](c1nnnn1CCOC)N1CCN(c2ccccc2F)CC1. The van der Waals surface area contributed by atoms with E-state index in [1.807, 2.05) is 16.8 Å². The molecule has 2 aromatic rings. The lowest BCUT2D eigenvalue weighted by atomic mass is 10.1. The van der Waals surface area contributed by atoms with Crippen LogP contribution in [0.4, 0.5) is 10.1 Å². The number of rotatable bonds is 7. The number of nitrogens with zero attached hydrogens (tertiary/aromatic N) is 6. The Kier molecular flexibility index (Phi) is 5.93. The van der Waals surface area contributed by atoms with Crippen LogP contribution in [0.25, 0.3) is 0 Å². The van der Waals surface area contributed by atoms with Gasteiger partial charge in [0.2, 0.25) is 0 Å². The van der Waals surface area contributed by atoms with Crippen LogP contribution in [0.1, 0.15) is 25.2 Å². The summed E-state index contributed by atoms with van der Waals surface area (Å²) >= 11 is 0. The minimum absolute atomic E-state index is 0.161. The number of hydrogen-bond acceptors (Lipinski definition) is 6. The lowest BCUT2D eigenvalue weighted by Crippen LogP contribution is -2.48. The lowest BCUT2D eigenvalue weighted by Gasteiger charge is -2.39. The van der Waals surface area contributed by atoms with Crippen LogP contribution < -0.4 is 4.90 Å². The molecule has 1 aliphatic rings. The van der Waals surface area contributed by atoms with E-state index in [1.165, 1.54) is 6.07 Å². The van der Waals surface area contributed by atoms with Crippen molar-refractivity contribution >= 4 is 5.69 Å². The molecule has 1 atom stereocenters. The summed E-state index contributed by atoms with van der Waals surface area (Å²) < 4.78 is 20.9. The Bertz CT molecular complexity index is 671. The first-order valence-corrected chi connectivity index (χ1v) is 8.73. The zero-order chi connectivity index (χ0) is 17.6. The van der Waals surface area contributed by atoms with Crippen molar-refractivity contribution in [2.75, 3.05) is 44.8 Å². The summed E-state index contributed by atoms with van der Waals surface area (Å²) in [6.07, 6.45) is 0.924. The van der Waals surface area contributed by atoms with Crippen LogP contribution in [0.3, 0.4) is 0 Å². The number of piperazine rings is 1. The van der Waals surface area contributed by atoms with E-state index in [0.717, 1.165) is 38.4 Å². The van der Waals surface area contributed by atoms with E-state index in [-0.39, 0.29) is 11.9 Å². The fraction of sp³-hybridized carbons (Fsp3) is 0.588. The molecule has 2 heterocycles. The molecule has 0 aliphatic carbocycles. The summed E-state index contributed by atoms with van der Waals surface area (Å²) in [7, 11) is 1.67. The first-order valence-electron chi connectivity index (χ1n) is 8.73. The van der Waals surface area contributed by atoms with Crippen molar-refractivity contribution < 1.29 is 9.13 Å². The van der Waals surface area contributed by atoms with Gasteiger partial charge in [0.1, 0.15) is 5.82 Å². The van der Waals surface area contributed by atoms with E-state index in [0.29, 0.717) is 18.8 Å². The van der Waals surface area contributed by atoms with Gasteiger partial charge in [-0.05, 0) is 29.0 Å². The quantitative estimate of drug-likeness (QED) is 0.760. The molecule has 1 saturated heterocycles. The van der Waals surface area contributed by atoms with Gasteiger partial charge in [0.15, 0.2) is 5.82 Å². The van der Waals surface area contributed by atoms with Crippen LogP contribution in [0.15, 0.2) is 24.3 Å². The molecule has 136 valence electrons. The van der Waals surface area contributed by atoms with E-state index in [9.17, 15) is 4.39 Å². The van der Waals surface area contributed by atoms with E-state index >= 15 is 0 Å². The first kappa shape index (κ1) is 17.8. The fourth-order valence-electron chi connectivity index (χ4n) is 3.37. The molecule has 1 aromatic carbocycles. The standard InChI is InChI=1S/C17H25FN6O/c1-3-15(17-19-20-21-24(17)12-13-25-2)22-8-10-23(11-9-22)16-7-5-4-6-14(16)18/h4-7,15H,3,8-13H2,1-2H3/t15-/m0/s1. The number of aromatic nitrogens is 4. The third kappa shape index (κ3) is 3.96. The van der Waals surface area contributed by atoms with Crippen molar-refractivity contribution in [2.45, 2.75) is 25.9 Å². The summed E-state index contributed by atoms with van der Waals surface area (Å²) in [6.45, 7) is 6.64. The van der Waals surface area contributed by atoms with Gasteiger partial charge in [-0.1, -0.05) is 19.1 Å². The fourth-order valence-corrected chi connectivity index (χ4v) is 3.37. The molecule has 0 unspecified atom stereocenters. The molecular formula is C17H25FN6O. The highest BCUT2D eigenvalue weighted by atomic mass is 19.1. The number of tetrazole rings is 1. The lowest BCUT2D eigenvalue weighted by molar-refractivity contribution is 0.156. The second kappa shape index (κ2) is 8.35. The number of anilines is 1. The highest BCUT2D eigenvalue weighted by Gasteiger charge is 2.28. The first-order chi connectivity index (χ1) is 12.2. The van der Waals surface area contributed by atoms with E-state index < -0.39 is 0 Å². The van der Waals surface area contributed by atoms with Gasteiger partial charge in [-0.25, -0.2) is 9.07 Å². The molecule has 0 bridgehead atoms. The van der Waals surface area contributed by atoms with Crippen LogP contribution in [0.2, 0.25) is 0 Å². The molecule has 0 saturated carbocycles. The molecule has 0 spiro atoms. The van der Waals surface area contributed by atoms with Gasteiger partial charge in [0, 0.05) is 33.3 Å². The maximum Gasteiger partial charge on any atom is 0.168 e. The molecule has 1 aromatic heterocycles. The zero-order valence-corrected chi connectivity index (χ0v) is 14.8. The third-order valence-corrected chi connectivity index (χ3v) is 4.70. The highest BCUT2D eigenvalue weighted by molar-refractivity contribution is 5.48. The molecule has 25 heavy (non-hydrogen) atoms. The van der Waals surface area contributed by atoms with Gasteiger partial charge in [-0.15, -0.1) is 5.10 Å². The largest absolute Gasteiger partial charge is 0.383 e. The molecule has 1 aliphatic heterocycles. The van der Waals surface area contributed by atoms with Crippen LogP contribution in [0.5, 0.6) is 0 Å². The Morgan fingerprint density at radius 3 is 2.64 bits per heavy atom. The van der Waals surface area contributed by atoms with Crippen molar-refractivity contribution in [3.05, 3.63) is 35.9 Å². The Hall–Kier alpha value is -2.06. The summed E-state index contributed by atoms with van der Waals surface area (Å²) in [5, 5.41) is 12.2. The third-order valence-electron chi connectivity index (χ3n) is 4.70. The Balaban J connectivity index is 1.67. The van der Waals surface area contributed by atoms with Crippen LogP contribution >= 0.6 is 0 Å². The van der Waals surface area contributed by atoms with Gasteiger partial charge in [-0.3, -0.25) is 4.90 Å². The van der Waals surface area contributed by atoms with E-state index in [1.54, 1.807) is 13.2 Å². The molecule has 1 fully saturated rings. The van der Waals surface area contributed by atoms with Crippen molar-refractivity contribution in [3.8, 4) is 0 Å². The Labute approximate surface area is 147 Å². The van der Waals surface area contributed by atoms with Gasteiger partial charge < -0.3 is 9.64 Å². The number of methoxy groups -OCH3 is 1. The number of para-hydroxylation sites is 1. The average molecular weight is 348 g/mol. The van der Waals surface area contributed by atoms with Crippen LogP contribution in [-0.2, 0) is 11.3 Å². The molecule has 7 nitrogen and oxygen atoms in total. The van der Waals surface area contributed by atoms with Gasteiger partial charge >= 0.3 is 0 Å². The predicted octanol–water partition coefficient (Wildman–Crippen LogP) is 1.73. The molecule has 0 radical (unpaired) electrons. The summed E-state index contributed by atoms with van der Waals surface area (Å²) in [5.41, 5.74) is 0.681. The summed E-state index contributed by atoms with van der Waals surface area (Å²) in [4.78, 5) is 4.48. The number of benzene rings is 1. The topological polar surface area (TPSA) is 59.3 Å². The van der Waals surface area contributed by atoms with Crippen molar-refractivity contribution in [3.63, 3.8) is 0 Å². The number of ether oxygens (including phenoxy) is 1. The highest BCUT2D eigenvalue weighted by Crippen LogP contribution is 2.26. The molecule has 0 N–H and O–H groups in total. The summed E-state index contributed by atoms with van der Waals surface area (Å²) in [6, 6.07) is 7.12. The maximum absolute atomic E-state index is 14.0. The number of hydrogen-bond donors (Lipinski definition) is 0. The minimum Gasteiger partial charge on any atom is -0.383 e.